The van der Waals surface area contributed by atoms with Gasteiger partial charge in [0.2, 0.25) is 0 Å². The third-order valence-corrected chi connectivity index (χ3v) is 2.33. The summed E-state index contributed by atoms with van der Waals surface area (Å²) in [6.45, 7) is 9.92. The van der Waals surface area contributed by atoms with Gasteiger partial charge in [-0.15, -0.1) is 0 Å². The van der Waals surface area contributed by atoms with Crippen molar-refractivity contribution >= 4 is 5.57 Å². The van der Waals surface area contributed by atoms with Crippen LogP contribution in [0.3, 0.4) is 0 Å². The molecule has 0 saturated heterocycles. The number of pyridine rings is 1. The van der Waals surface area contributed by atoms with E-state index < -0.39 is 0 Å². The van der Waals surface area contributed by atoms with E-state index in [1.54, 1.807) is 0 Å². The fourth-order valence-electron chi connectivity index (χ4n) is 1.43. The van der Waals surface area contributed by atoms with Crippen molar-refractivity contribution in [1.29, 1.82) is 0 Å². The van der Waals surface area contributed by atoms with Crippen LogP contribution in [0.4, 0.5) is 0 Å². The summed E-state index contributed by atoms with van der Waals surface area (Å²) in [5.74, 6) is 0. The molecule has 1 heteroatoms. The first-order valence-electron chi connectivity index (χ1n) is 5.07. The van der Waals surface area contributed by atoms with Gasteiger partial charge >= 0.3 is 0 Å². The van der Waals surface area contributed by atoms with Gasteiger partial charge in [-0.25, -0.2) is 0 Å². The van der Waals surface area contributed by atoms with E-state index in [2.05, 4.69) is 30.6 Å². The van der Waals surface area contributed by atoms with E-state index in [1.165, 1.54) is 16.7 Å². The molecule has 0 radical (unpaired) electrons. The summed E-state index contributed by atoms with van der Waals surface area (Å²) in [6, 6.07) is 2.13. The number of hydrogen-bond acceptors (Lipinski definition) is 1. The molecule has 1 heterocycles. The standard InChI is InChI=1S/C14H17N/c1-5-7-14(12(4)6-2)13-8-11(3)9-15-10-13/h5-10H,1H2,2-4H3/b12-6-,14-7+. The summed E-state index contributed by atoms with van der Waals surface area (Å²) in [5, 5.41) is 0. The van der Waals surface area contributed by atoms with Gasteiger partial charge in [0.15, 0.2) is 0 Å². The SMILES string of the molecule is C=C/C=C(\C(C)=C/C)c1cncc(C)c1. The lowest BCUT2D eigenvalue weighted by Gasteiger charge is -2.07. The van der Waals surface area contributed by atoms with E-state index in [1.807, 2.05) is 38.4 Å². The smallest absolute Gasteiger partial charge is 0.0346 e. The summed E-state index contributed by atoms with van der Waals surface area (Å²) in [4.78, 5) is 4.20. The molecule has 0 atom stereocenters. The monoisotopic (exact) mass is 199 g/mol. The summed E-state index contributed by atoms with van der Waals surface area (Å²) >= 11 is 0. The van der Waals surface area contributed by atoms with E-state index in [0.717, 1.165) is 5.56 Å². The molecule has 78 valence electrons. The average Bonchev–Trinajstić information content (AvgIpc) is 2.25. The third-order valence-electron chi connectivity index (χ3n) is 2.33. The van der Waals surface area contributed by atoms with Gasteiger partial charge in [-0.3, -0.25) is 4.98 Å². The molecule has 0 fully saturated rings. The van der Waals surface area contributed by atoms with Crippen LogP contribution in [0.5, 0.6) is 0 Å². The first-order valence-corrected chi connectivity index (χ1v) is 5.07. The molecule has 1 aromatic rings. The van der Waals surface area contributed by atoms with Gasteiger partial charge in [0.05, 0.1) is 0 Å². The Morgan fingerprint density at radius 2 is 2.13 bits per heavy atom. The number of aromatic nitrogens is 1. The highest BCUT2D eigenvalue weighted by molar-refractivity contribution is 5.79. The van der Waals surface area contributed by atoms with Crippen LogP contribution in [-0.2, 0) is 0 Å². The topological polar surface area (TPSA) is 12.9 Å². The van der Waals surface area contributed by atoms with Crippen LogP contribution < -0.4 is 0 Å². The molecule has 0 bridgehead atoms. The molecular weight excluding hydrogens is 182 g/mol. The molecule has 0 aliphatic carbocycles. The third kappa shape index (κ3) is 2.91. The average molecular weight is 199 g/mol. The summed E-state index contributed by atoms with van der Waals surface area (Å²) in [7, 11) is 0. The van der Waals surface area contributed by atoms with Crippen molar-refractivity contribution in [3.63, 3.8) is 0 Å². The van der Waals surface area contributed by atoms with E-state index in [-0.39, 0.29) is 0 Å². The molecule has 0 amide bonds. The summed E-state index contributed by atoms with van der Waals surface area (Å²) < 4.78 is 0. The van der Waals surface area contributed by atoms with Crippen LogP contribution >= 0.6 is 0 Å². The Morgan fingerprint density at radius 3 is 2.67 bits per heavy atom. The van der Waals surface area contributed by atoms with Crippen molar-refractivity contribution in [2.45, 2.75) is 20.8 Å². The maximum Gasteiger partial charge on any atom is 0.0346 e. The second-order valence-corrected chi connectivity index (χ2v) is 3.54. The number of aryl methyl sites for hydroxylation is 1. The van der Waals surface area contributed by atoms with Gasteiger partial charge in [-0.2, -0.15) is 0 Å². The Hall–Kier alpha value is -1.63. The molecule has 0 saturated carbocycles. The van der Waals surface area contributed by atoms with Crippen LogP contribution in [0.25, 0.3) is 5.57 Å². The Morgan fingerprint density at radius 1 is 1.40 bits per heavy atom. The second-order valence-electron chi connectivity index (χ2n) is 3.54. The van der Waals surface area contributed by atoms with Crippen molar-refractivity contribution in [3.05, 3.63) is 60.0 Å². The lowest BCUT2D eigenvalue weighted by molar-refractivity contribution is 1.25. The fourth-order valence-corrected chi connectivity index (χ4v) is 1.43. The van der Waals surface area contributed by atoms with Crippen molar-refractivity contribution in [2.75, 3.05) is 0 Å². The number of hydrogen-bond donors (Lipinski definition) is 0. The Bertz CT molecular complexity index is 411. The number of rotatable bonds is 3. The second kappa shape index (κ2) is 5.30. The minimum Gasteiger partial charge on any atom is -0.264 e. The van der Waals surface area contributed by atoms with Gasteiger partial charge in [0.25, 0.3) is 0 Å². The molecule has 0 N–H and O–H groups in total. The Kier molecular flexibility index (Phi) is 4.04. The molecular formula is C14H17N. The largest absolute Gasteiger partial charge is 0.264 e. The van der Waals surface area contributed by atoms with Gasteiger partial charge < -0.3 is 0 Å². The van der Waals surface area contributed by atoms with Gasteiger partial charge in [0, 0.05) is 18.0 Å². The molecule has 1 rings (SSSR count). The van der Waals surface area contributed by atoms with E-state index in [9.17, 15) is 0 Å². The fraction of sp³-hybridized carbons (Fsp3) is 0.214. The Labute approximate surface area is 91.9 Å². The maximum absolute atomic E-state index is 4.20. The first kappa shape index (κ1) is 11.4. The molecule has 15 heavy (non-hydrogen) atoms. The molecule has 1 aromatic heterocycles. The van der Waals surface area contributed by atoms with Crippen LogP contribution in [0.1, 0.15) is 25.0 Å². The highest BCUT2D eigenvalue weighted by Gasteiger charge is 2.02. The van der Waals surface area contributed by atoms with Crippen LogP contribution in [0.2, 0.25) is 0 Å². The van der Waals surface area contributed by atoms with Crippen molar-refractivity contribution in [1.82, 2.24) is 4.98 Å². The zero-order valence-corrected chi connectivity index (χ0v) is 9.62. The van der Waals surface area contributed by atoms with Gasteiger partial charge in [0.1, 0.15) is 0 Å². The molecule has 0 aliphatic rings. The lowest BCUT2D eigenvalue weighted by atomic mass is 9.99. The van der Waals surface area contributed by atoms with Crippen LogP contribution in [-0.4, -0.2) is 4.98 Å². The van der Waals surface area contributed by atoms with Crippen molar-refractivity contribution < 1.29 is 0 Å². The molecule has 0 unspecified atom stereocenters. The molecule has 0 aromatic carbocycles. The minimum atomic E-state index is 1.14. The summed E-state index contributed by atoms with van der Waals surface area (Å²) in [5.41, 5.74) is 4.74. The van der Waals surface area contributed by atoms with E-state index in [0.29, 0.717) is 0 Å². The van der Waals surface area contributed by atoms with Crippen molar-refractivity contribution in [2.24, 2.45) is 0 Å². The van der Waals surface area contributed by atoms with E-state index in [4.69, 9.17) is 0 Å². The maximum atomic E-state index is 4.20. The zero-order valence-electron chi connectivity index (χ0n) is 9.62. The lowest BCUT2D eigenvalue weighted by Crippen LogP contribution is -1.89. The quantitative estimate of drug-likeness (QED) is 0.672. The van der Waals surface area contributed by atoms with Crippen molar-refractivity contribution in [3.8, 4) is 0 Å². The normalized spacial score (nSPS) is 12.7. The van der Waals surface area contributed by atoms with Gasteiger partial charge in [-0.05, 0) is 43.5 Å². The number of nitrogens with zero attached hydrogens (tertiary/aromatic N) is 1. The van der Waals surface area contributed by atoms with Crippen LogP contribution in [0, 0.1) is 6.92 Å². The van der Waals surface area contributed by atoms with Gasteiger partial charge in [-0.1, -0.05) is 24.8 Å². The van der Waals surface area contributed by atoms with E-state index >= 15 is 0 Å². The van der Waals surface area contributed by atoms with Crippen LogP contribution in [0.15, 0.2) is 48.8 Å². The first-order chi connectivity index (χ1) is 7.19. The minimum absolute atomic E-state index is 1.14. The highest BCUT2D eigenvalue weighted by Crippen LogP contribution is 2.22. The number of allylic oxidation sites excluding steroid dienone is 5. The Balaban J connectivity index is 3.22. The summed E-state index contributed by atoms with van der Waals surface area (Å²) in [6.07, 6.45) is 9.67. The predicted octanol–water partition coefficient (Wildman–Crippen LogP) is 3.93. The highest BCUT2D eigenvalue weighted by atomic mass is 14.6. The molecule has 0 aliphatic heterocycles. The predicted molar refractivity (Wildman–Crippen MR) is 66.6 cm³/mol. The molecule has 0 spiro atoms. The molecule has 1 nitrogen and oxygen atoms in total. The zero-order chi connectivity index (χ0) is 11.3.